The lowest BCUT2D eigenvalue weighted by Crippen LogP contribution is -2.40. The second-order valence-corrected chi connectivity index (χ2v) is 6.87. The van der Waals surface area contributed by atoms with Crippen molar-refractivity contribution in [2.24, 2.45) is 5.73 Å². The fourth-order valence-corrected chi connectivity index (χ4v) is 3.52. The molecule has 2 heteroatoms. The molecule has 0 bridgehead atoms. The highest BCUT2D eigenvalue weighted by Gasteiger charge is 2.35. The summed E-state index contributed by atoms with van der Waals surface area (Å²) in [5.41, 5.74) is 8.73. The Morgan fingerprint density at radius 2 is 2.05 bits per heavy atom. The summed E-state index contributed by atoms with van der Waals surface area (Å²) in [4.78, 5) is 0. The molecule has 3 N–H and O–H groups in total. The number of aliphatic hydroxyl groups excluding tert-OH is 1. The Labute approximate surface area is 129 Å². The Morgan fingerprint density at radius 1 is 1.24 bits per heavy atom. The van der Waals surface area contributed by atoms with Gasteiger partial charge in [-0.2, -0.15) is 0 Å². The zero-order valence-electron chi connectivity index (χ0n) is 13.5. The van der Waals surface area contributed by atoms with Gasteiger partial charge in [-0.15, -0.1) is 0 Å². The normalized spacial score (nSPS) is 25.4. The summed E-state index contributed by atoms with van der Waals surface area (Å²) >= 11 is 0. The molecule has 1 aliphatic carbocycles. The van der Waals surface area contributed by atoms with Crippen LogP contribution in [0, 0.1) is 0 Å². The van der Waals surface area contributed by atoms with Crippen molar-refractivity contribution in [2.45, 2.75) is 76.2 Å². The van der Waals surface area contributed by atoms with E-state index < -0.39 is 0 Å². The first-order chi connectivity index (χ1) is 10.2. The molecule has 0 aliphatic heterocycles. The van der Waals surface area contributed by atoms with Gasteiger partial charge in [-0.3, -0.25) is 0 Å². The zero-order valence-corrected chi connectivity index (χ0v) is 13.5. The van der Waals surface area contributed by atoms with Crippen LogP contribution in [-0.2, 0) is 6.42 Å². The van der Waals surface area contributed by atoms with Crippen LogP contribution in [0.2, 0.25) is 0 Å². The van der Waals surface area contributed by atoms with Gasteiger partial charge in [0, 0.05) is 5.54 Å². The third-order valence-corrected chi connectivity index (χ3v) is 4.95. The first kappa shape index (κ1) is 16.5. The summed E-state index contributed by atoms with van der Waals surface area (Å²) < 4.78 is 0. The molecular formula is C19H31NO. The van der Waals surface area contributed by atoms with Crippen LogP contribution in [0.4, 0.5) is 0 Å². The number of hydrogen-bond donors (Lipinski definition) is 2. The van der Waals surface area contributed by atoms with Gasteiger partial charge in [0.2, 0.25) is 0 Å². The van der Waals surface area contributed by atoms with Crippen LogP contribution in [0.1, 0.15) is 75.3 Å². The first-order valence-corrected chi connectivity index (χ1v) is 8.65. The third kappa shape index (κ3) is 4.82. The molecule has 0 radical (unpaired) electrons. The van der Waals surface area contributed by atoms with Gasteiger partial charge in [-0.1, -0.05) is 56.9 Å². The van der Waals surface area contributed by atoms with Gasteiger partial charge in [0.15, 0.2) is 0 Å². The molecule has 1 fully saturated rings. The predicted octanol–water partition coefficient (Wildman–Crippen LogP) is 4.16. The van der Waals surface area contributed by atoms with E-state index in [1.165, 1.54) is 49.7 Å². The van der Waals surface area contributed by atoms with Crippen molar-refractivity contribution in [3.63, 3.8) is 0 Å². The van der Waals surface area contributed by atoms with Crippen molar-refractivity contribution in [1.29, 1.82) is 0 Å². The summed E-state index contributed by atoms with van der Waals surface area (Å²) in [5.74, 6) is 0.530. The molecule has 0 heterocycles. The van der Waals surface area contributed by atoms with Crippen molar-refractivity contribution in [1.82, 2.24) is 0 Å². The SMILES string of the molecule is CCCCCCCc1cccc([C@H]2CCC(N)(CO)C2)c1. The third-order valence-electron chi connectivity index (χ3n) is 4.95. The van der Waals surface area contributed by atoms with Crippen LogP contribution in [0.3, 0.4) is 0 Å². The summed E-state index contributed by atoms with van der Waals surface area (Å²) in [5, 5.41) is 9.41. The van der Waals surface area contributed by atoms with Gasteiger partial charge in [-0.25, -0.2) is 0 Å². The number of hydrogen-bond acceptors (Lipinski definition) is 2. The molecule has 21 heavy (non-hydrogen) atoms. The molecule has 1 unspecified atom stereocenters. The minimum atomic E-state index is -0.346. The lowest BCUT2D eigenvalue weighted by molar-refractivity contribution is 0.198. The predicted molar refractivity (Wildman–Crippen MR) is 89.5 cm³/mol. The van der Waals surface area contributed by atoms with Crippen molar-refractivity contribution in [3.05, 3.63) is 35.4 Å². The van der Waals surface area contributed by atoms with Crippen LogP contribution in [0.5, 0.6) is 0 Å². The maximum Gasteiger partial charge on any atom is 0.0611 e. The number of aliphatic hydroxyl groups is 1. The van der Waals surface area contributed by atoms with Crippen molar-refractivity contribution in [2.75, 3.05) is 6.61 Å². The average molecular weight is 289 g/mol. The highest BCUT2D eigenvalue weighted by molar-refractivity contribution is 5.28. The zero-order chi connectivity index (χ0) is 15.1. The maximum absolute atomic E-state index is 9.41. The van der Waals surface area contributed by atoms with Gasteiger partial charge in [0.1, 0.15) is 0 Å². The van der Waals surface area contributed by atoms with E-state index in [9.17, 15) is 5.11 Å². The van der Waals surface area contributed by atoms with E-state index in [-0.39, 0.29) is 12.1 Å². The van der Waals surface area contributed by atoms with Crippen molar-refractivity contribution < 1.29 is 5.11 Å². The Balaban J connectivity index is 1.86. The van der Waals surface area contributed by atoms with E-state index in [0.717, 1.165) is 19.3 Å². The van der Waals surface area contributed by atoms with Crippen molar-refractivity contribution >= 4 is 0 Å². The standard InChI is InChI=1S/C19H31NO/c1-2-3-4-5-6-8-16-9-7-10-17(13-16)18-11-12-19(20,14-18)15-21/h7,9-10,13,18,21H,2-6,8,11-12,14-15,20H2,1H3/t18-,19?/m0/s1. The number of nitrogens with two attached hydrogens (primary N) is 1. The number of unbranched alkanes of at least 4 members (excludes halogenated alkanes) is 4. The van der Waals surface area contributed by atoms with Gasteiger partial charge < -0.3 is 10.8 Å². The molecule has 2 nitrogen and oxygen atoms in total. The molecule has 1 aromatic rings. The first-order valence-electron chi connectivity index (χ1n) is 8.65. The molecule has 118 valence electrons. The second kappa shape index (κ2) is 7.95. The minimum Gasteiger partial charge on any atom is -0.394 e. The van der Waals surface area contributed by atoms with Gasteiger partial charge in [-0.05, 0) is 49.1 Å². The van der Waals surface area contributed by atoms with E-state index in [0.29, 0.717) is 5.92 Å². The average Bonchev–Trinajstić information content (AvgIpc) is 2.91. The smallest absolute Gasteiger partial charge is 0.0611 e. The Bertz CT molecular complexity index is 431. The van der Waals surface area contributed by atoms with E-state index in [1.54, 1.807) is 0 Å². The quantitative estimate of drug-likeness (QED) is 0.706. The van der Waals surface area contributed by atoms with Gasteiger partial charge >= 0.3 is 0 Å². The second-order valence-electron chi connectivity index (χ2n) is 6.87. The fraction of sp³-hybridized carbons (Fsp3) is 0.684. The molecule has 2 rings (SSSR count). The van der Waals surface area contributed by atoms with E-state index >= 15 is 0 Å². The van der Waals surface area contributed by atoms with Crippen LogP contribution >= 0.6 is 0 Å². The van der Waals surface area contributed by atoms with Crippen LogP contribution in [0.15, 0.2) is 24.3 Å². The highest BCUT2D eigenvalue weighted by Crippen LogP contribution is 2.39. The monoisotopic (exact) mass is 289 g/mol. The highest BCUT2D eigenvalue weighted by atomic mass is 16.3. The summed E-state index contributed by atoms with van der Waals surface area (Å²) in [7, 11) is 0. The minimum absolute atomic E-state index is 0.112. The Morgan fingerprint density at radius 3 is 2.76 bits per heavy atom. The number of benzene rings is 1. The lowest BCUT2D eigenvalue weighted by atomic mass is 9.92. The van der Waals surface area contributed by atoms with E-state index in [1.807, 2.05) is 0 Å². The van der Waals surface area contributed by atoms with Gasteiger partial charge in [0.25, 0.3) is 0 Å². The molecule has 0 spiro atoms. The molecule has 1 aliphatic rings. The van der Waals surface area contributed by atoms with Crippen LogP contribution in [0.25, 0.3) is 0 Å². The lowest BCUT2D eigenvalue weighted by Gasteiger charge is -2.21. The molecule has 1 saturated carbocycles. The summed E-state index contributed by atoms with van der Waals surface area (Å²) in [6.07, 6.45) is 10.8. The largest absolute Gasteiger partial charge is 0.394 e. The van der Waals surface area contributed by atoms with Crippen LogP contribution < -0.4 is 5.73 Å². The fourth-order valence-electron chi connectivity index (χ4n) is 3.52. The molecule has 0 amide bonds. The molecular weight excluding hydrogens is 258 g/mol. The van der Waals surface area contributed by atoms with Gasteiger partial charge in [0.05, 0.1) is 6.61 Å². The summed E-state index contributed by atoms with van der Waals surface area (Å²) in [6.45, 7) is 2.37. The Hall–Kier alpha value is -0.860. The Kier molecular flexibility index (Phi) is 6.25. The van der Waals surface area contributed by atoms with E-state index in [4.69, 9.17) is 5.73 Å². The molecule has 0 saturated heterocycles. The van der Waals surface area contributed by atoms with E-state index in [2.05, 4.69) is 31.2 Å². The van der Waals surface area contributed by atoms with Crippen molar-refractivity contribution in [3.8, 4) is 0 Å². The van der Waals surface area contributed by atoms with Crippen LogP contribution in [-0.4, -0.2) is 17.3 Å². The maximum atomic E-state index is 9.41. The molecule has 2 atom stereocenters. The number of aryl methyl sites for hydroxylation is 1. The molecule has 1 aromatic carbocycles. The molecule has 0 aromatic heterocycles. The topological polar surface area (TPSA) is 46.2 Å². The summed E-state index contributed by atoms with van der Waals surface area (Å²) in [6, 6.07) is 9.04. The number of rotatable bonds is 8.